The van der Waals surface area contributed by atoms with Crippen LogP contribution in [0.5, 0.6) is 0 Å². The number of benzene rings is 1. The first-order valence-corrected chi connectivity index (χ1v) is 4.22. The molecule has 5 heteroatoms. The summed E-state index contributed by atoms with van der Waals surface area (Å²) >= 11 is 0. The van der Waals surface area contributed by atoms with E-state index >= 15 is 0 Å². The summed E-state index contributed by atoms with van der Waals surface area (Å²) in [6.45, 7) is 0.365. The zero-order chi connectivity index (χ0) is 11.1. The van der Waals surface area contributed by atoms with Crippen molar-refractivity contribution in [1.29, 1.82) is 5.26 Å². The summed E-state index contributed by atoms with van der Waals surface area (Å²) in [4.78, 5) is 0. The van der Waals surface area contributed by atoms with Crippen molar-refractivity contribution in [3.8, 4) is 17.8 Å². The van der Waals surface area contributed by atoms with Gasteiger partial charge in [0.1, 0.15) is 19.0 Å². The zero-order valence-electron chi connectivity index (χ0n) is 7.80. The number of halogens is 2. The van der Waals surface area contributed by atoms with Gasteiger partial charge < -0.3 is 5.23 Å². The van der Waals surface area contributed by atoms with Crippen molar-refractivity contribution in [2.75, 3.05) is 6.54 Å². The molecule has 0 saturated heterocycles. The van der Waals surface area contributed by atoms with E-state index in [2.05, 4.69) is 11.8 Å². The third-order valence-electron chi connectivity index (χ3n) is 1.57. The van der Waals surface area contributed by atoms with Gasteiger partial charge in [-0.3, -0.25) is 0 Å². The monoisotopic (exact) mass is 204 g/mol. The lowest BCUT2D eigenvalue weighted by molar-refractivity contribution is -0.497. The molecule has 0 heterocycles. The second-order valence-electron chi connectivity index (χ2n) is 2.66. The van der Waals surface area contributed by atoms with Crippen LogP contribution in [0.4, 0.5) is 8.78 Å². The van der Waals surface area contributed by atoms with Crippen molar-refractivity contribution in [3.63, 3.8) is 0 Å². The maximum absolute atomic E-state index is 13.0. The maximum atomic E-state index is 13.0. The van der Waals surface area contributed by atoms with Crippen LogP contribution < -0.4 is 5.23 Å². The minimum Gasteiger partial charge on any atom is -0.559 e. The van der Waals surface area contributed by atoms with Crippen LogP contribution >= 0.6 is 0 Å². The summed E-state index contributed by atoms with van der Waals surface area (Å²) in [5, 5.41) is 9.73. The summed E-state index contributed by atoms with van der Waals surface area (Å²) in [5.74, 6) is 5.71. The normalized spacial score (nSPS) is 8.87. The molecule has 0 bridgehead atoms. The van der Waals surface area contributed by atoms with Crippen molar-refractivity contribution >= 4 is 7.41 Å². The van der Waals surface area contributed by atoms with Crippen LogP contribution in [-0.4, -0.2) is 14.0 Å². The molecule has 2 N–H and O–H groups in total. The average molecular weight is 204 g/mol. The van der Waals surface area contributed by atoms with Crippen LogP contribution in [0.15, 0.2) is 18.2 Å². The molecule has 0 aliphatic rings. The third kappa shape index (κ3) is 3.80. The summed E-state index contributed by atoms with van der Waals surface area (Å²) in [5.41, 5.74) is 0.154. The SMILES string of the molecule is N#C[B-][NH2+]CC#Cc1ccc(F)cc1F. The molecule has 0 saturated carbocycles. The number of rotatable bonds is 2. The Bertz CT molecular complexity index is 443. The molecule has 0 fully saturated rings. The lowest BCUT2D eigenvalue weighted by Gasteiger charge is -1.97. The van der Waals surface area contributed by atoms with Crippen molar-refractivity contribution in [1.82, 2.24) is 0 Å². The summed E-state index contributed by atoms with van der Waals surface area (Å²) in [7, 11) is 1.30. The number of quaternary nitrogens is 1. The van der Waals surface area contributed by atoms with E-state index in [1.807, 2.05) is 5.97 Å². The smallest absolute Gasteiger partial charge is 0.141 e. The molecule has 0 unspecified atom stereocenters. The highest BCUT2D eigenvalue weighted by atomic mass is 19.1. The van der Waals surface area contributed by atoms with Gasteiger partial charge in [-0.2, -0.15) is 0 Å². The Balaban J connectivity index is 2.61. The van der Waals surface area contributed by atoms with Gasteiger partial charge in [0.05, 0.1) is 12.1 Å². The lowest BCUT2D eigenvalue weighted by atomic mass is 9.99. The van der Waals surface area contributed by atoms with E-state index in [1.165, 1.54) is 13.5 Å². The van der Waals surface area contributed by atoms with Crippen molar-refractivity contribution in [2.24, 2.45) is 0 Å². The van der Waals surface area contributed by atoms with Crippen molar-refractivity contribution < 1.29 is 14.0 Å². The number of hydrogen-bond donors (Lipinski definition) is 1. The molecule has 1 aromatic rings. The second kappa shape index (κ2) is 5.80. The Morgan fingerprint density at radius 3 is 2.87 bits per heavy atom. The third-order valence-corrected chi connectivity index (χ3v) is 1.57. The van der Waals surface area contributed by atoms with Gasteiger partial charge in [0.15, 0.2) is 0 Å². The number of hydrogen-bond acceptors (Lipinski definition) is 1. The molecule has 0 aliphatic carbocycles. The Hall–Kier alpha value is -1.85. The molecule has 15 heavy (non-hydrogen) atoms. The predicted molar refractivity (Wildman–Crippen MR) is 51.4 cm³/mol. The Morgan fingerprint density at radius 2 is 2.20 bits per heavy atom. The highest BCUT2D eigenvalue weighted by Gasteiger charge is 1.99. The van der Waals surface area contributed by atoms with E-state index in [0.717, 1.165) is 12.1 Å². The topological polar surface area (TPSA) is 40.4 Å². The van der Waals surface area contributed by atoms with Crippen molar-refractivity contribution in [3.05, 3.63) is 35.4 Å². The minimum atomic E-state index is -0.674. The fourth-order valence-electron chi connectivity index (χ4n) is 0.908. The van der Waals surface area contributed by atoms with Crippen LogP contribution in [0.2, 0.25) is 0 Å². The molecule has 74 valence electrons. The molecule has 2 nitrogen and oxygen atoms in total. The van der Waals surface area contributed by atoms with E-state index in [-0.39, 0.29) is 5.56 Å². The molecule has 0 spiro atoms. The molecular weight excluding hydrogens is 197 g/mol. The highest BCUT2D eigenvalue weighted by molar-refractivity contribution is 6.34. The first-order chi connectivity index (χ1) is 7.24. The van der Waals surface area contributed by atoms with E-state index in [1.54, 1.807) is 5.23 Å². The van der Waals surface area contributed by atoms with Gasteiger partial charge in [0.2, 0.25) is 0 Å². The van der Waals surface area contributed by atoms with Gasteiger partial charge >= 0.3 is 0 Å². The van der Waals surface area contributed by atoms with Gasteiger partial charge in [-0.05, 0) is 18.1 Å². The zero-order valence-corrected chi connectivity index (χ0v) is 7.80. The van der Waals surface area contributed by atoms with Gasteiger partial charge in [0.25, 0.3) is 0 Å². The molecule has 0 atom stereocenters. The number of nitrogens with two attached hydrogens (primary N) is 1. The highest BCUT2D eigenvalue weighted by Crippen LogP contribution is 2.07. The Morgan fingerprint density at radius 1 is 1.40 bits per heavy atom. The van der Waals surface area contributed by atoms with Crippen LogP contribution in [-0.2, 0) is 0 Å². The molecule has 0 amide bonds. The standard InChI is InChI=1S/C10H7BF2N2/c12-9-4-3-8(10(13)6-9)2-1-5-15-11-7-14/h3-4,6H,5,15H2. The maximum Gasteiger partial charge on any atom is 0.141 e. The first-order valence-electron chi connectivity index (χ1n) is 4.22. The summed E-state index contributed by atoms with van der Waals surface area (Å²) < 4.78 is 25.5. The molecular formula is C10H7BF2N2. The van der Waals surface area contributed by atoms with E-state index < -0.39 is 11.6 Å². The number of nitrogens with zero attached hydrogens (tertiary/aromatic N) is 1. The van der Waals surface area contributed by atoms with Gasteiger partial charge in [-0.1, -0.05) is 5.92 Å². The number of nitriles is 1. The fraction of sp³-hybridized carbons (Fsp3) is 0.100. The molecule has 0 aromatic heterocycles. The van der Waals surface area contributed by atoms with Gasteiger partial charge in [-0.15, -0.1) is 5.97 Å². The van der Waals surface area contributed by atoms with Crippen LogP contribution in [0.1, 0.15) is 5.56 Å². The van der Waals surface area contributed by atoms with Crippen molar-refractivity contribution in [2.45, 2.75) is 0 Å². The van der Waals surface area contributed by atoms with Gasteiger partial charge in [0, 0.05) is 6.07 Å². The fourth-order valence-corrected chi connectivity index (χ4v) is 0.908. The molecule has 1 aromatic carbocycles. The second-order valence-corrected chi connectivity index (χ2v) is 2.66. The quantitative estimate of drug-likeness (QED) is 0.410. The minimum absolute atomic E-state index is 0.154. The average Bonchev–Trinajstić information content (AvgIpc) is 2.20. The van der Waals surface area contributed by atoms with E-state index in [9.17, 15) is 8.78 Å². The largest absolute Gasteiger partial charge is 0.559 e. The predicted octanol–water partition coefficient (Wildman–Crippen LogP) is -0.0200. The molecule has 2 radical (unpaired) electrons. The Kier molecular flexibility index (Phi) is 4.34. The Labute approximate surface area is 87.2 Å². The van der Waals surface area contributed by atoms with Crippen LogP contribution in [0.3, 0.4) is 0 Å². The van der Waals surface area contributed by atoms with E-state index in [0.29, 0.717) is 6.54 Å². The van der Waals surface area contributed by atoms with Crippen LogP contribution in [0.25, 0.3) is 0 Å². The van der Waals surface area contributed by atoms with E-state index in [4.69, 9.17) is 5.26 Å². The van der Waals surface area contributed by atoms with Crippen LogP contribution in [0, 0.1) is 34.7 Å². The molecule has 1 rings (SSSR count). The first kappa shape index (κ1) is 11.2. The summed E-state index contributed by atoms with van der Waals surface area (Å²) in [6.07, 6.45) is 0. The summed E-state index contributed by atoms with van der Waals surface area (Å²) in [6, 6.07) is 3.22. The molecule has 0 aliphatic heterocycles. The lowest BCUT2D eigenvalue weighted by Crippen LogP contribution is -2.86. The van der Waals surface area contributed by atoms with Gasteiger partial charge in [-0.25, -0.2) is 14.0 Å².